The first-order chi connectivity index (χ1) is 4.88. The van der Waals surface area contributed by atoms with Gasteiger partial charge in [-0.15, -0.1) is 0 Å². The lowest BCUT2D eigenvalue weighted by molar-refractivity contribution is -0.121. The van der Waals surface area contributed by atoms with Crippen LogP contribution in [0.1, 0.15) is 27.7 Å². The van der Waals surface area contributed by atoms with E-state index in [0.717, 1.165) is 0 Å². The van der Waals surface area contributed by atoms with Gasteiger partial charge in [-0.2, -0.15) is 0 Å². The van der Waals surface area contributed by atoms with Gasteiger partial charge in [-0.25, -0.2) is 0 Å². The average Bonchev–Trinajstić information content (AvgIpc) is 1.85. The van der Waals surface area contributed by atoms with E-state index in [1.54, 1.807) is 0 Å². The summed E-state index contributed by atoms with van der Waals surface area (Å²) in [7, 11) is 0. The molecule has 1 atom stereocenters. The van der Waals surface area contributed by atoms with Crippen molar-refractivity contribution in [3.05, 3.63) is 0 Å². The maximum atomic E-state index is 10.8. The first-order valence-electron chi connectivity index (χ1n) is 3.87. The zero-order chi connectivity index (χ0) is 9.07. The second-order valence-corrected chi connectivity index (χ2v) is 3.86. The molecule has 0 rings (SSSR count). The Morgan fingerprint density at radius 2 is 2.00 bits per heavy atom. The Bertz CT molecular complexity index is 138. The fourth-order valence-electron chi connectivity index (χ4n) is 0.517. The predicted molar refractivity (Wildman–Crippen MR) is 46.1 cm³/mol. The molecule has 0 aromatic carbocycles. The van der Waals surface area contributed by atoms with Gasteiger partial charge in [0.2, 0.25) is 5.91 Å². The van der Waals surface area contributed by atoms with E-state index in [0.29, 0.717) is 0 Å². The molecule has 3 heteroatoms. The summed E-state index contributed by atoms with van der Waals surface area (Å²) in [5, 5.41) is 2.81. The van der Waals surface area contributed by atoms with Gasteiger partial charge in [-0.05, 0) is 12.3 Å². The van der Waals surface area contributed by atoms with Crippen molar-refractivity contribution in [3.8, 4) is 0 Å². The minimum absolute atomic E-state index is 0.0699. The standard InChI is InChI=1S/C8H18N2O/c1-6(8(2,3)4)10-7(11)5-9/h6H,5,9H2,1-4H3,(H,10,11). The summed E-state index contributed by atoms with van der Waals surface area (Å²) in [6.07, 6.45) is 0. The second kappa shape index (κ2) is 3.72. The van der Waals surface area contributed by atoms with Crippen LogP contribution in [0.25, 0.3) is 0 Å². The molecule has 66 valence electrons. The minimum atomic E-state index is -0.0903. The molecule has 0 radical (unpaired) electrons. The maximum absolute atomic E-state index is 10.8. The highest BCUT2D eigenvalue weighted by atomic mass is 16.1. The number of nitrogens with two attached hydrogens (primary N) is 1. The molecule has 0 aliphatic heterocycles. The van der Waals surface area contributed by atoms with E-state index in [9.17, 15) is 4.79 Å². The van der Waals surface area contributed by atoms with E-state index in [4.69, 9.17) is 5.73 Å². The minimum Gasteiger partial charge on any atom is -0.352 e. The zero-order valence-corrected chi connectivity index (χ0v) is 7.77. The van der Waals surface area contributed by atoms with Crippen molar-refractivity contribution in [2.45, 2.75) is 33.7 Å². The topological polar surface area (TPSA) is 55.1 Å². The van der Waals surface area contributed by atoms with Crippen LogP contribution in [0.15, 0.2) is 0 Å². The van der Waals surface area contributed by atoms with Gasteiger partial charge in [0, 0.05) is 6.04 Å². The maximum Gasteiger partial charge on any atom is 0.233 e. The lowest BCUT2D eigenvalue weighted by Gasteiger charge is -2.27. The third-order valence-electron chi connectivity index (χ3n) is 1.86. The first-order valence-corrected chi connectivity index (χ1v) is 3.87. The van der Waals surface area contributed by atoms with Gasteiger partial charge in [0.1, 0.15) is 0 Å². The Morgan fingerprint density at radius 1 is 1.55 bits per heavy atom. The Kier molecular flexibility index (Phi) is 3.52. The smallest absolute Gasteiger partial charge is 0.233 e. The lowest BCUT2D eigenvalue weighted by atomic mass is 9.88. The normalized spacial score (nSPS) is 14.3. The third-order valence-corrected chi connectivity index (χ3v) is 1.86. The number of amides is 1. The summed E-state index contributed by atoms with van der Waals surface area (Å²) in [6.45, 7) is 8.28. The fourth-order valence-corrected chi connectivity index (χ4v) is 0.517. The highest BCUT2D eigenvalue weighted by molar-refractivity contribution is 5.78. The van der Waals surface area contributed by atoms with E-state index >= 15 is 0 Å². The van der Waals surface area contributed by atoms with Crippen molar-refractivity contribution < 1.29 is 4.79 Å². The summed E-state index contributed by atoms with van der Waals surface area (Å²) in [5.74, 6) is -0.0903. The van der Waals surface area contributed by atoms with E-state index < -0.39 is 0 Å². The molecule has 3 nitrogen and oxygen atoms in total. The quantitative estimate of drug-likeness (QED) is 0.614. The van der Waals surface area contributed by atoms with E-state index in [-0.39, 0.29) is 23.9 Å². The molecule has 0 fully saturated rings. The lowest BCUT2D eigenvalue weighted by Crippen LogP contribution is -2.43. The molecule has 0 saturated heterocycles. The molecular weight excluding hydrogens is 140 g/mol. The molecule has 0 saturated carbocycles. The number of rotatable bonds is 2. The fraction of sp³-hybridized carbons (Fsp3) is 0.875. The van der Waals surface area contributed by atoms with Crippen LogP contribution in [0.4, 0.5) is 0 Å². The van der Waals surface area contributed by atoms with Gasteiger partial charge in [0.15, 0.2) is 0 Å². The summed E-state index contributed by atoms with van der Waals surface area (Å²) < 4.78 is 0. The van der Waals surface area contributed by atoms with E-state index in [2.05, 4.69) is 26.1 Å². The average molecular weight is 158 g/mol. The summed E-state index contributed by atoms with van der Waals surface area (Å²) in [5.41, 5.74) is 5.25. The van der Waals surface area contributed by atoms with Crippen LogP contribution in [0.3, 0.4) is 0 Å². The SMILES string of the molecule is CC(NC(=O)CN)C(C)(C)C. The van der Waals surface area contributed by atoms with Crippen molar-refractivity contribution in [3.63, 3.8) is 0 Å². The van der Waals surface area contributed by atoms with Gasteiger partial charge in [-0.1, -0.05) is 20.8 Å². The molecule has 0 heterocycles. The van der Waals surface area contributed by atoms with Crippen molar-refractivity contribution in [2.24, 2.45) is 11.1 Å². The molecule has 1 amide bonds. The number of carbonyl (C=O) groups excluding carboxylic acids is 1. The first kappa shape index (κ1) is 10.4. The molecule has 3 N–H and O–H groups in total. The van der Waals surface area contributed by atoms with E-state index in [1.165, 1.54) is 0 Å². The molecule has 1 unspecified atom stereocenters. The van der Waals surface area contributed by atoms with Crippen molar-refractivity contribution in [1.29, 1.82) is 0 Å². The number of hydrogen-bond acceptors (Lipinski definition) is 2. The Hall–Kier alpha value is -0.570. The third kappa shape index (κ3) is 3.98. The predicted octanol–water partition coefficient (Wildman–Crippen LogP) is 0.496. The molecule has 0 bridgehead atoms. The van der Waals surface area contributed by atoms with Gasteiger partial charge in [0.05, 0.1) is 6.54 Å². The summed E-state index contributed by atoms with van der Waals surface area (Å²) >= 11 is 0. The van der Waals surface area contributed by atoms with Gasteiger partial charge >= 0.3 is 0 Å². The zero-order valence-electron chi connectivity index (χ0n) is 7.77. The number of carbonyl (C=O) groups is 1. The van der Waals surface area contributed by atoms with Gasteiger partial charge in [-0.3, -0.25) is 4.79 Å². The van der Waals surface area contributed by atoms with Crippen LogP contribution in [-0.4, -0.2) is 18.5 Å². The highest BCUT2D eigenvalue weighted by Crippen LogP contribution is 2.17. The molecular formula is C8H18N2O. The van der Waals surface area contributed by atoms with Crippen molar-refractivity contribution in [2.75, 3.05) is 6.54 Å². The van der Waals surface area contributed by atoms with E-state index in [1.807, 2.05) is 6.92 Å². The van der Waals surface area contributed by atoms with Crippen LogP contribution in [0.5, 0.6) is 0 Å². The van der Waals surface area contributed by atoms with Crippen LogP contribution < -0.4 is 11.1 Å². The molecule has 0 aliphatic rings. The van der Waals surface area contributed by atoms with Crippen LogP contribution in [0, 0.1) is 5.41 Å². The van der Waals surface area contributed by atoms with Crippen molar-refractivity contribution >= 4 is 5.91 Å². The highest BCUT2D eigenvalue weighted by Gasteiger charge is 2.20. The molecule has 0 aromatic heterocycles. The number of hydrogen-bond donors (Lipinski definition) is 2. The monoisotopic (exact) mass is 158 g/mol. The summed E-state index contributed by atoms with van der Waals surface area (Å²) in [6, 6.07) is 0.165. The second-order valence-electron chi connectivity index (χ2n) is 3.86. The Labute approximate surface area is 68.3 Å². The van der Waals surface area contributed by atoms with Gasteiger partial charge in [0.25, 0.3) is 0 Å². The molecule has 0 aromatic rings. The Morgan fingerprint density at radius 3 is 2.27 bits per heavy atom. The van der Waals surface area contributed by atoms with Crippen LogP contribution in [-0.2, 0) is 4.79 Å². The Balaban J connectivity index is 3.87. The van der Waals surface area contributed by atoms with Crippen molar-refractivity contribution in [1.82, 2.24) is 5.32 Å². The molecule has 11 heavy (non-hydrogen) atoms. The molecule has 0 aliphatic carbocycles. The summed E-state index contributed by atoms with van der Waals surface area (Å²) in [4.78, 5) is 10.8. The van der Waals surface area contributed by atoms with Gasteiger partial charge < -0.3 is 11.1 Å². The molecule has 0 spiro atoms. The van der Waals surface area contributed by atoms with Crippen LogP contribution >= 0.6 is 0 Å². The number of nitrogens with one attached hydrogen (secondary N) is 1. The van der Waals surface area contributed by atoms with Crippen LogP contribution in [0.2, 0.25) is 0 Å². The largest absolute Gasteiger partial charge is 0.352 e.